The lowest BCUT2D eigenvalue weighted by molar-refractivity contribution is -0.119. The van der Waals surface area contributed by atoms with Gasteiger partial charge in [-0.15, -0.1) is 0 Å². The molecule has 2 unspecified atom stereocenters. The Kier molecular flexibility index (Phi) is 1.60. The molecular formula is C8H13NO2. The van der Waals surface area contributed by atoms with E-state index in [0.717, 1.165) is 0 Å². The Labute approximate surface area is 65.8 Å². The van der Waals surface area contributed by atoms with Gasteiger partial charge in [0.05, 0.1) is 12.6 Å². The second kappa shape index (κ2) is 2.48. The number of carbonyl (C=O) groups excluding carboxylic acids is 1. The summed E-state index contributed by atoms with van der Waals surface area (Å²) >= 11 is 0. The van der Waals surface area contributed by atoms with Crippen LogP contribution in [0.25, 0.3) is 0 Å². The third-order valence-corrected chi connectivity index (χ3v) is 2.71. The van der Waals surface area contributed by atoms with Crippen LogP contribution in [0.1, 0.15) is 19.3 Å². The summed E-state index contributed by atoms with van der Waals surface area (Å²) in [5.74, 6) is 1.25. The van der Waals surface area contributed by atoms with Crippen molar-refractivity contribution in [1.82, 2.24) is 5.32 Å². The van der Waals surface area contributed by atoms with E-state index in [4.69, 9.17) is 5.11 Å². The Bertz CT molecular complexity index is 177. The summed E-state index contributed by atoms with van der Waals surface area (Å²) in [4.78, 5) is 10.9. The van der Waals surface area contributed by atoms with Crippen LogP contribution in [0.2, 0.25) is 0 Å². The molecule has 2 fully saturated rings. The molecule has 1 saturated heterocycles. The average molecular weight is 155 g/mol. The number of rotatable bonds is 2. The van der Waals surface area contributed by atoms with Crippen LogP contribution in [0.5, 0.6) is 0 Å². The van der Waals surface area contributed by atoms with Crippen molar-refractivity contribution in [3.05, 3.63) is 0 Å². The zero-order valence-corrected chi connectivity index (χ0v) is 6.42. The molecule has 0 radical (unpaired) electrons. The van der Waals surface area contributed by atoms with E-state index in [9.17, 15) is 4.79 Å². The topological polar surface area (TPSA) is 49.3 Å². The third kappa shape index (κ3) is 1.25. The summed E-state index contributed by atoms with van der Waals surface area (Å²) in [6.07, 6.45) is 3.13. The van der Waals surface area contributed by atoms with Gasteiger partial charge >= 0.3 is 0 Å². The largest absolute Gasteiger partial charge is 0.394 e. The lowest BCUT2D eigenvalue weighted by atomic mass is 9.96. The Hall–Kier alpha value is -0.570. The van der Waals surface area contributed by atoms with Crippen LogP contribution in [-0.2, 0) is 4.79 Å². The van der Waals surface area contributed by atoms with Crippen LogP contribution in [-0.4, -0.2) is 23.7 Å². The van der Waals surface area contributed by atoms with Crippen molar-refractivity contribution < 1.29 is 9.90 Å². The van der Waals surface area contributed by atoms with Gasteiger partial charge in [-0.05, 0) is 24.7 Å². The maximum atomic E-state index is 10.9. The zero-order chi connectivity index (χ0) is 7.84. The smallest absolute Gasteiger partial charge is 0.220 e. The van der Waals surface area contributed by atoms with Crippen molar-refractivity contribution in [3.63, 3.8) is 0 Å². The number of aliphatic hydroxyl groups is 1. The van der Waals surface area contributed by atoms with Gasteiger partial charge < -0.3 is 10.4 Å². The Morgan fingerprint density at radius 1 is 1.55 bits per heavy atom. The van der Waals surface area contributed by atoms with Crippen LogP contribution < -0.4 is 5.32 Å². The van der Waals surface area contributed by atoms with Gasteiger partial charge in [0.15, 0.2) is 0 Å². The number of hydrogen-bond acceptors (Lipinski definition) is 2. The molecule has 1 heterocycles. The highest BCUT2D eigenvalue weighted by Gasteiger charge is 2.41. The molecule has 2 atom stereocenters. The molecule has 3 nitrogen and oxygen atoms in total. The van der Waals surface area contributed by atoms with Crippen molar-refractivity contribution in [3.8, 4) is 0 Å². The summed E-state index contributed by atoms with van der Waals surface area (Å²) < 4.78 is 0. The number of amides is 1. The van der Waals surface area contributed by atoms with Gasteiger partial charge in [0.25, 0.3) is 0 Å². The highest BCUT2D eigenvalue weighted by Crippen LogP contribution is 2.41. The first-order valence-electron chi connectivity index (χ1n) is 4.21. The lowest BCUT2D eigenvalue weighted by Gasteiger charge is -2.14. The van der Waals surface area contributed by atoms with E-state index in [-0.39, 0.29) is 18.6 Å². The van der Waals surface area contributed by atoms with E-state index in [1.54, 1.807) is 0 Å². The van der Waals surface area contributed by atoms with Crippen LogP contribution in [0.15, 0.2) is 0 Å². The zero-order valence-electron chi connectivity index (χ0n) is 6.42. The molecule has 0 spiro atoms. The van der Waals surface area contributed by atoms with Crippen molar-refractivity contribution in [1.29, 1.82) is 0 Å². The second-order valence-electron chi connectivity index (χ2n) is 3.56. The number of aliphatic hydroxyl groups excluding tert-OH is 1. The molecule has 0 aromatic heterocycles. The number of nitrogens with one attached hydrogen (secondary N) is 1. The van der Waals surface area contributed by atoms with E-state index in [0.29, 0.717) is 18.3 Å². The summed E-state index contributed by atoms with van der Waals surface area (Å²) in [6, 6.07) is 0.0509. The molecule has 0 bridgehead atoms. The van der Waals surface area contributed by atoms with E-state index in [1.807, 2.05) is 0 Å². The number of hydrogen-bond donors (Lipinski definition) is 2. The minimum Gasteiger partial charge on any atom is -0.394 e. The van der Waals surface area contributed by atoms with Gasteiger partial charge in [0.2, 0.25) is 5.91 Å². The van der Waals surface area contributed by atoms with Crippen molar-refractivity contribution in [2.75, 3.05) is 6.61 Å². The second-order valence-corrected chi connectivity index (χ2v) is 3.56. The first-order chi connectivity index (χ1) is 5.31. The summed E-state index contributed by atoms with van der Waals surface area (Å²) in [6.45, 7) is 0.104. The standard InChI is InChI=1S/C8H13NO2/c10-4-7-6(5-1-2-5)3-8(11)9-7/h5-7,10H,1-4H2,(H,9,11). The summed E-state index contributed by atoms with van der Waals surface area (Å²) in [5, 5.41) is 11.7. The Morgan fingerprint density at radius 3 is 2.82 bits per heavy atom. The van der Waals surface area contributed by atoms with Crippen LogP contribution in [0.4, 0.5) is 0 Å². The van der Waals surface area contributed by atoms with Gasteiger partial charge in [-0.2, -0.15) is 0 Å². The fourth-order valence-corrected chi connectivity index (χ4v) is 1.93. The van der Waals surface area contributed by atoms with E-state index < -0.39 is 0 Å². The summed E-state index contributed by atoms with van der Waals surface area (Å²) in [5.41, 5.74) is 0. The SMILES string of the molecule is O=C1CC(C2CC2)C(CO)N1. The van der Waals surface area contributed by atoms with Crippen LogP contribution >= 0.6 is 0 Å². The van der Waals surface area contributed by atoms with Gasteiger partial charge in [0.1, 0.15) is 0 Å². The monoisotopic (exact) mass is 155 g/mol. The maximum absolute atomic E-state index is 10.9. The summed E-state index contributed by atoms with van der Waals surface area (Å²) in [7, 11) is 0. The quantitative estimate of drug-likeness (QED) is 0.584. The van der Waals surface area contributed by atoms with Crippen molar-refractivity contribution in [2.45, 2.75) is 25.3 Å². The predicted molar refractivity (Wildman–Crippen MR) is 39.8 cm³/mol. The Morgan fingerprint density at radius 2 is 2.27 bits per heavy atom. The molecule has 1 aliphatic carbocycles. The molecule has 1 amide bonds. The molecule has 0 aromatic carbocycles. The van der Waals surface area contributed by atoms with E-state index in [2.05, 4.69) is 5.32 Å². The normalized spacial score (nSPS) is 37.4. The molecule has 2 rings (SSSR count). The molecule has 1 aliphatic heterocycles. The molecule has 11 heavy (non-hydrogen) atoms. The molecule has 2 aliphatic rings. The van der Waals surface area contributed by atoms with E-state index in [1.165, 1.54) is 12.8 Å². The van der Waals surface area contributed by atoms with Gasteiger partial charge in [-0.25, -0.2) is 0 Å². The third-order valence-electron chi connectivity index (χ3n) is 2.71. The number of carbonyl (C=O) groups is 1. The van der Waals surface area contributed by atoms with Gasteiger partial charge in [0, 0.05) is 6.42 Å². The highest BCUT2D eigenvalue weighted by molar-refractivity contribution is 5.79. The molecular weight excluding hydrogens is 142 g/mol. The average Bonchev–Trinajstić information content (AvgIpc) is 2.75. The van der Waals surface area contributed by atoms with Crippen LogP contribution in [0.3, 0.4) is 0 Å². The lowest BCUT2D eigenvalue weighted by Crippen LogP contribution is -2.33. The maximum Gasteiger partial charge on any atom is 0.220 e. The molecule has 1 saturated carbocycles. The molecule has 3 heteroatoms. The fraction of sp³-hybridized carbons (Fsp3) is 0.875. The van der Waals surface area contributed by atoms with Crippen LogP contribution in [0, 0.1) is 11.8 Å². The first kappa shape index (κ1) is 7.10. The predicted octanol–water partition coefficient (Wildman–Crippen LogP) is -0.107. The van der Waals surface area contributed by atoms with Crippen molar-refractivity contribution in [2.24, 2.45) is 11.8 Å². The fourth-order valence-electron chi connectivity index (χ4n) is 1.93. The minimum absolute atomic E-state index is 0.0509. The molecule has 2 N–H and O–H groups in total. The van der Waals surface area contributed by atoms with E-state index >= 15 is 0 Å². The van der Waals surface area contributed by atoms with Gasteiger partial charge in [-0.1, -0.05) is 0 Å². The highest BCUT2D eigenvalue weighted by atomic mass is 16.3. The molecule has 62 valence electrons. The first-order valence-corrected chi connectivity index (χ1v) is 4.21. The minimum atomic E-state index is 0.0509. The Balaban J connectivity index is 2.00. The van der Waals surface area contributed by atoms with Crippen molar-refractivity contribution >= 4 is 5.91 Å². The molecule has 0 aromatic rings. The van der Waals surface area contributed by atoms with Gasteiger partial charge in [-0.3, -0.25) is 4.79 Å².